The van der Waals surface area contributed by atoms with Crippen LogP contribution >= 0.6 is 351 Å². The monoisotopic (exact) mass is 1420 g/mol. The van der Waals surface area contributed by atoms with Gasteiger partial charge in [-0.05, 0) is 153 Å². The van der Waals surface area contributed by atoms with E-state index < -0.39 is 0 Å². The lowest BCUT2D eigenvalue weighted by Gasteiger charge is -2.57. The van der Waals surface area contributed by atoms with Crippen molar-refractivity contribution in [3.8, 4) is 0 Å². The van der Waals surface area contributed by atoms with E-state index in [0.717, 1.165) is 8.27 Å². The van der Waals surface area contributed by atoms with Crippen LogP contribution in [0.5, 0.6) is 0 Å². The molecule has 0 amide bonds. The van der Waals surface area contributed by atoms with Crippen molar-refractivity contribution in [2.45, 2.75) is 0 Å². The van der Waals surface area contributed by atoms with Crippen molar-refractivity contribution in [3.05, 3.63) is 0 Å². The fourth-order valence-corrected chi connectivity index (χ4v) is 619. The van der Waals surface area contributed by atoms with E-state index in [1.54, 1.807) is 0 Å². The largest absolute Gasteiger partial charge is 0.102 e. The second-order valence-electron chi connectivity index (χ2n) is 7.11. The van der Waals surface area contributed by atoms with Gasteiger partial charge >= 0.3 is 0 Å². The first-order valence-corrected chi connectivity index (χ1v) is 90.6. The minimum atomic E-state index is -0.149. The summed E-state index contributed by atoms with van der Waals surface area (Å²) >= 11 is 0. The van der Waals surface area contributed by atoms with Crippen molar-refractivity contribution < 1.29 is 0 Å². The van der Waals surface area contributed by atoms with Gasteiger partial charge in [-0.1, -0.05) is 8.27 Å². The van der Waals surface area contributed by atoms with Gasteiger partial charge in [0, 0.05) is 0 Å². The first-order chi connectivity index (χ1) is 20.5. The van der Waals surface area contributed by atoms with Crippen molar-refractivity contribution in [2.75, 3.05) is 6.66 Å². The third kappa shape index (κ3) is 22.9. The van der Waals surface area contributed by atoms with Crippen LogP contribution < -0.4 is 0 Å². The quantitative estimate of drug-likeness (QED) is 0.101. The summed E-state index contributed by atoms with van der Waals surface area (Å²) in [5.41, 5.74) is 0. The van der Waals surface area contributed by atoms with Gasteiger partial charge < -0.3 is 0 Å². The van der Waals surface area contributed by atoms with Gasteiger partial charge in [0.15, 0.2) is 0 Å². The molecule has 0 fully saturated rings. The summed E-state index contributed by atoms with van der Waals surface area (Å²) in [5, 5.41) is 0. The van der Waals surface area contributed by atoms with Crippen molar-refractivity contribution in [1.82, 2.24) is 0 Å². The van der Waals surface area contributed by atoms with Crippen LogP contribution in [0.3, 0.4) is 0 Å². The highest BCUT2D eigenvalue weighted by Gasteiger charge is 2.57. The summed E-state index contributed by atoms with van der Waals surface area (Å²) < 4.78 is 0. The molecule has 44 heteroatoms. The molecule has 0 aromatic rings. The van der Waals surface area contributed by atoms with Crippen LogP contribution in [-0.4, -0.2) is 6.66 Å². The summed E-state index contributed by atoms with van der Waals surface area (Å²) in [7, 11) is 76.9. The Labute approximate surface area is 353 Å². The molecule has 0 radical (unpaired) electrons. The highest BCUT2D eigenvalue weighted by Crippen LogP contribution is 3.44. The summed E-state index contributed by atoms with van der Waals surface area (Å²) in [6, 6.07) is 0. The predicted octanol–water partition coefficient (Wildman–Crippen LogP) is 26.0. The Hall–Kier alpha value is 18.9. The molecule has 25 unspecified atom stereocenters. The molecular formula is CH48P44. The van der Waals surface area contributed by atoms with E-state index in [0.29, 0.717) is 0 Å². The number of rotatable bonds is 21. The molecule has 0 nitrogen and oxygen atoms in total. The lowest BCUT2D eigenvalue weighted by Crippen LogP contribution is -1.70. The average Bonchev–Trinajstić information content (AvgIpc) is 2.81. The molecule has 0 bridgehead atoms. The Balaban J connectivity index is 8.98. The molecule has 272 valence electrons. The molecule has 0 N–H and O–H groups in total. The van der Waals surface area contributed by atoms with Crippen LogP contribution in [-0.2, 0) is 0 Å². The topological polar surface area (TPSA) is 0 Å². The zero-order chi connectivity index (χ0) is 35.8. The molecule has 0 aromatic carbocycles. The van der Waals surface area contributed by atoms with Crippen LogP contribution in [0.2, 0.25) is 0 Å². The van der Waals surface area contributed by atoms with Crippen LogP contribution in [0.1, 0.15) is 0 Å². The van der Waals surface area contributed by atoms with Crippen molar-refractivity contribution in [2.24, 2.45) is 0 Å². The molecule has 0 aliphatic heterocycles. The Kier molecular flexibility index (Phi) is 49.8. The van der Waals surface area contributed by atoms with E-state index >= 15 is 0 Å². The van der Waals surface area contributed by atoms with E-state index in [2.05, 4.69) is 203 Å². The lowest BCUT2D eigenvalue weighted by molar-refractivity contribution is 2.51. The molecule has 25 atom stereocenters. The summed E-state index contributed by atoms with van der Waals surface area (Å²) in [5.74, 6) is 0. The molecule has 0 heterocycles. The normalized spacial score (nSPS) is 15.9. The molecule has 0 spiro atoms. The fourth-order valence-electron chi connectivity index (χ4n) is 2.68. The van der Waals surface area contributed by atoms with Crippen molar-refractivity contribution >= 4 is 351 Å². The van der Waals surface area contributed by atoms with Gasteiger partial charge in [-0.2, -0.15) is 0 Å². The molecule has 0 aliphatic carbocycles. The second-order valence-corrected chi connectivity index (χ2v) is 188. The Morgan fingerprint density at radius 2 is 0.378 bits per heavy atom. The minimum Gasteiger partial charge on any atom is -0.102 e. The van der Waals surface area contributed by atoms with E-state index in [1.807, 2.05) is 0 Å². The summed E-state index contributed by atoms with van der Waals surface area (Å²) in [6.45, 7) is 0.390. The molecule has 0 rings (SSSR count). The SMILES string of the molecule is CPP(P(P)P)P(P(P(P)P)P(P)P)P(P(P(P(P)P)P(P)P)P(P(P)P)P(P)P)P(P(P(P)P)P(P)P)P(P(P)P)P(P)P. The van der Waals surface area contributed by atoms with Gasteiger partial charge in [0.1, 0.15) is 0 Å². The first-order valence-electron chi connectivity index (χ1n) is 10.4. The number of hydrogen-bond donors (Lipinski definition) is 0. The molecule has 0 saturated heterocycles. The molecular weight excluding hydrogens is 1370 g/mol. The van der Waals surface area contributed by atoms with Gasteiger partial charge in [0.25, 0.3) is 0 Å². The van der Waals surface area contributed by atoms with Gasteiger partial charge in [-0.3, -0.25) is 0 Å². The van der Waals surface area contributed by atoms with E-state index in [9.17, 15) is 0 Å². The smallest absolute Gasteiger partial charge is 0.0000480 e. The maximum absolute atomic E-state index is 3.45. The Morgan fingerprint density at radius 3 is 0.511 bits per heavy atom. The first kappa shape index (κ1) is 63.9. The van der Waals surface area contributed by atoms with Gasteiger partial charge in [-0.25, -0.2) is 0 Å². The Morgan fingerprint density at radius 1 is 0.222 bits per heavy atom. The standard InChI is InChI=1S/CH48P44/c1-24-36(25(2)3)42(37(26(4)5)27(6)7)45(43(38(28(8)9)29(10)11)39(30(12)13)31(14)15)44(40(32(16)17)33(18)19)41(34(20)21)35(22)23/h24H,2-23H2,1H3. The molecule has 0 aliphatic rings. The van der Waals surface area contributed by atoms with Crippen LogP contribution in [0.15, 0.2) is 0 Å². The van der Waals surface area contributed by atoms with Crippen molar-refractivity contribution in [3.63, 3.8) is 0 Å². The zero-order valence-corrected chi connectivity index (χ0v) is 68.8. The van der Waals surface area contributed by atoms with Crippen LogP contribution in [0, 0.1) is 0 Å². The molecule has 0 saturated carbocycles. The third-order valence-corrected chi connectivity index (χ3v) is 308. The maximum atomic E-state index is 3.45. The third-order valence-electron chi connectivity index (χ3n) is 3.93. The summed E-state index contributed by atoms with van der Waals surface area (Å²) in [4.78, 5) is 0. The van der Waals surface area contributed by atoms with E-state index in [4.69, 9.17) is 0 Å². The van der Waals surface area contributed by atoms with Gasteiger partial charge in [-0.15, -0.1) is 196 Å². The number of hydrogen-bond acceptors (Lipinski definition) is 0. The fraction of sp³-hybridized carbons (Fsp3) is 1.00. The van der Waals surface area contributed by atoms with Gasteiger partial charge in [0.2, 0.25) is 0 Å². The van der Waals surface area contributed by atoms with E-state index in [-0.39, 0.29) is 147 Å². The molecule has 45 heavy (non-hydrogen) atoms. The van der Waals surface area contributed by atoms with Crippen LogP contribution in [0.25, 0.3) is 0 Å². The maximum Gasteiger partial charge on any atom is -0.0000480 e. The van der Waals surface area contributed by atoms with E-state index in [1.165, 1.54) is 0 Å². The van der Waals surface area contributed by atoms with Gasteiger partial charge in [0.05, 0.1) is 0 Å². The lowest BCUT2D eigenvalue weighted by atomic mass is 12.0. The average molecular weight is 1420 g/mol. The second kappa shape index (κ2) is 35.1. The highest BCUT2D eigenvalue weighted by molar-refractivity contribution is 9.50. The summed E-state index contributed by atoms with van der Waals surface area (Å²) in [6.07, 6.45) is 0. The van der Waals surface area contributed by atoms with Crippen molar-refractivity contribution in [1.29, 1.82) is 0 Å². The minimum absolute atomic E-state index is 0.0000139. The predicted molar refractivity (Wildman–Crippen MR) is 373 cm³/mol. The molecule has 0 aromatic heterocycles. The zero-order valence-electron chi connectivity index (χ0n) is 23.6. The van der Waals surface area contributed by atoms with Crippen LogP contribution in [0.4, 0.5) is 0 Å². The highest BCUT2D eigenvalue weighted by atomic mass is 33.6. The Bertz CT molecular complexity index is 629.